The van der Waals surface area contributed by atoms with Gasteiger partial charge in [0.2, 0.25) is 0 Å². The number of hydrogen-bond acceptors (Lipinski definition) is 6. The lowest BCUT2D eigenvalue weighted by Gasteiger charge is -2.61. The Bertz CT molecular complexity index is 2150. The zero-order valence-electron chi connectivity index (χ0n) is 36.2. The van der Waals surface area contributed by atoms with Gasteiger partial charge in [0, 0.05) is 51.1 Å². The van der Waals surface area contributed by atoms with Crippen LogP contribution in [-0.4, -0.2) is 0 Å². The molecule has 0 atom stereocenters. The summed E-state index contributed by atoms with van der Waals surface area (Å²) in [6.07, 6.45) is 20.4. The van der Waals surface area contributed by atoms with Gasteiger partial charge in [-0.25, -0.2) is 13.2 Å². The van der Waals surface area contributed by atoms with Gasteiger partial charge in [-0.15, -0.1) is 0 Å². The van der Waals surface area contributed by atoms with Gasteiger partial charge in [0.25, 0.3) is 0 Å². The number of benzene rings is 4. The zero-order valence-corrected chi connectivity index (χ0v) is 36.2. The van der Waals surface area contributed by atoms with E-state index in [2.05, 4.69) is 0 Å². The van der Waals surface area contributed by atoms with E-state index in [1.54, 1.807) is 18.2 Å². The van der Waals surface area contributed by atoms with Crippen molar-refractivity contribution in [3.8, 4) is 34.5 Å². The van der Waals surface area contributed by atoms with Gasteiger partial charge in [0.15, 0.2) is 17.2 Å². The van der Waals surface area contributed by atoms with Gasteiger partial charge in [-0.2, -0.15) is 0 Å². The fraction of sp³-hybridized carbons (Fsp3) is 0.556. The fourth-order valence-electron chi connectivity index (χ4n) is 17.9. The summed E-state index contributed by atoms with van der Waals surface area (Å²) in [5, 5.41) is 0. The molecule has 12 aliphatic rings. The molecule has 12 saturated carbocycles. The van der Waals surface area contributed by atoms with Crippen LogP contribution in [0, 0.1) is 70.7 Å². The predicted molar refractivity (Wildman–Crippen MR) is 239 cm³/mol. The smallest absolute Gasteiger partial charge is 0.150 e. The van der Waals surface area contributed by atoms with Gasteiger partial charge < -0.3 is 31.4 Å². The summed E-state index contributed by atoms with van der Waals surface area (Å²) in [6.45, 7) is 0. The molecule has 0 aliphatic heterocycles. The maximum Gasteiger partial charge on any atom is 0.150 e. The van der Waals surface area contributed by atoms with Crippen LogP contribution in [0.15, 0.2) is 54.6 Å². The van der Waals surface area contributed by atoms with E-state index in [1.807, 2.05) is 0 Å². The van der Waals surface area contributed by atoms with Crippen molar-refractivity contribution in [2.75, 3.05) is 17.2 Å². The minimum atomic E-state index is -0.425. The van der Waals surface area contributed by atoms with E-state index in [1.165, 1.54) is 94.2 Å². The van der Waals surface area contributed by atoms with E-state index in [9.17, 15) is 13.2 Å². The maximum atomic E-state index is 15.0. The monoisotopic (exact) mass is 855 g/mol. The first-order valence-corrected chi connectivity index (χ1v) is 24.3. The molecule has 4 aromatic carbocycles. The summed E-state index contributed by atoms with van der Waals surface area (Å²) in [6, 6.07) is 13.3. The van der Waals surface area contributed by atoms with Crippen LogP contribution in [0.3, 0.4) is 0 Å². The van der Waals surface area contributed by atoms with Crippen LogP contribution in [0.1, 0.15) is 132 Å². The first-order chi connectivity index (χ1) is 30.4. The van der Waals surface area contributed by atoms with Crippen LogP contribution in [0.4, 0.5) is 30.2 Å². The average Bonchev–Trinajstić information content (AvgIpc) is 3.19. The average molecular weight is 856 g/mol. The minimum Gasteiger partial charge on any atom is -0.454 e. The molecule has 0 unspecified atom stereocenters. The number of rotatable bonds is 9. The third-order valence-electron chi connectivity index (χ3n) is 18.6. The Morgan fingerprint density at radius 1 is 0.349 bits per heavy atom. The van der Waals surface area contributed by atoms with Crippen LogP contribution in [0.5, 0.6) is 34.5 Å². The Labute approximate surface area is 368 Å². The highest BCUT2D eigenvalue weighted by Crippen LogP contribution is 2.73. The van der Waals surface area contributed by atoms with Crippen molar-refractivity contribution >= 4 is 17.1 Å². The molecule has 12 bridgehead atoms. The molecule has 0 radical (unpaired) electrons. The van der Waals surface area contributed by atoms with E-state index < -0.39 is 17.5 Å². The van der Waals surface area contributed by atoms with Crippen LogP contribution in [0.25, 0.3) is 0 Å². The maximum absolute atomic E-state index is 15.0. The van der Waals surface area contributed by atoms with Crippen LogP contribution in [0.2, 0.25) is 0 Å². The summed E-state index contributed by atoms with van der Waals surface area (Å²) in [5.74, 6) is 7.41. The number of hydrogen-bond donors (Lipinski definition) is 3. The van der Waals surface area contributed by atoms with Crippen molar-refractivity contribution in [2.24, 2.45) is 53.3 Å². The first kappa shape index (κ1) is 38.9. The van der Waals surface area contributed by atoms with Gasteiger partial charge >= 0.3 is 0 Å². The normalized spacial score (nSPS) is 37.5. The third-order valence-corrected chi connectivity index (χ3v) is 18.6. The second-order valence-corrected chi connectivity index (χ2v) is 23.1. The Morgan fingerprint density at radius 2 is 0.556 bits per heavy atom. The lowest BCUT2D eigenvalue weighted by molar-refractivity contribution is -0.0152. The summed E-state index contributed by atoms with van der Waals surface area (Å²) >= 11 is 0. The van der Waals surface area contributed by atoms with Crippen LogP contribution in [-0.2, 0) is 16.2 Å². The quantitative estimate of drug-likeness (QED) is 0.145. The van der Waals surface area contributed by atoms with Gasteiger partial charge in [-0.05, 0) is 205 Å². The molecule has 12 fully saturated rings. The molecule has 0 spiro atoms. The second-order valence-electron chi connectivity index (χ2n) is 23.1. The minimum absolute atomic E-state index is 0.226. The lowest BCUT2D eigenvalue weighted by atomic mass is 9.44. The molecular formula is C54H60F3N3O3. The SMILES string of the molecule is Nc1cc(F)ccc1Oc1c(C23CC4CC(CC(C4)C2)C3)c(Oc2ccc(F)cc2N)c(C23CC4CC(CC(C4)C2)C3)c(Oc2ccc(F)cc2N)c1C12CC3CC(CC(C3)C1)C2. The summed E-state index contributed by atoms with van der Waals surface area (Å²) in [7, 11) is 0. The van der Waals surface area contributed by atoms with E-state index in [-0.39, 0.29) is 33.3 Å². The van der Waals surface area contributed by atoms with E-state index >= 15 is 0 Å². The van der Waals surface area contributed by atoms with E-state index in [0.29, 0.717) is 70.5 Å². The highest BCUT2D eigenvalue weighted by Gasteiger charge is 2.62. The molecule has 63 heavy (non-hydrogen) atoms. The van der Waals surface area contributed by atoms with Crippen molar-refractivity contribution < 1.29 is 27.4 Å². The highest BCUT2D eigenvalue weighted by atomic mass is 19.1. The number of nitrogens with two attached hydrogens (primary N) is 3. The third kappa shape index (κ3) is 6.16. The van der Waals surface area contributed by atoms with Crippen molar-refractivity contribution in [1.29, 1.82) is 0 Å². The van der Waals surface area contributed by atoms with Crippen molar-refractivity contribution in [2.45, 2.75) is 132 Å². The van der Waals surface area contributed by atoms with Crippen LogP contribution < -0.4 is 31.4 Å². The molecule has 6 N–H and O–H groups in total. The molecule has 9 heteroatoms. The number of ether oxygens (including phenoxy) is 3. The molecule has 6 nitrogen and oxygen atoms in total. The van der Waals surface area contributed by atoms with Gasteiger partial charge in [0.05, 0.1) is 17.1 Å². The fourth-order valence-corrected chi connectivity index (χ4v) is 17.9. The Balaban J connectivity index is 1.19. The Morgan fingerprint density at radius 3 is 0.746 bits per heavy atom. The topological polar surface area (TPSA) is 106 Å². The van der Waals surface area contributed by atoms with Gasteiger partial charge in [-0.1, -0.05) is 0 Å². The molecule has 16 rings (SSSR count). The molecule has 12 aliphatic carbocycles. The largest absolute Gasteiger partial charge is 0.454 e. The van der Waals surface area contributed by atoms with Gasteiger partial charge in [-0.3, -0.25) is 0 Å². The standard InChI is InChI=1S/C54H60F3N3O3/c55-37-1-4-43(40(58)16-37)61-49-46(52-19-28-7-29(20-52)9-30(8-28)21-52)50(62-44-5-2-38(56)17-41(44)59)48(54-25-34-13-35(26-54)15-36(14-34)27-54)51(63-45-6-3-39(57)18-42(45)60)47(49)53-22-31-10-32(23-53)12-33(11-31)24-53/h1-6,16-18,28-36H,7-15,19-27,58-60H2. The molecule has 4 aromatic rings. The molecular weight excluding hydrogens is 796 g/mol. The first-order valence-electron chi connectivity index (χ1n) is 24.3. The van der Waals surface area contributed by atoms with Crippen molar-refractivity contribution in [1.82, 2.24) is 0 Å². The lowest BCUT2D eigenvalue weighted by Crippen LogP contribution is -2.52. The highest BCUT2D eigenvalue weighted by molar-refractivity contribution is 5.74. The van der Waals surface area contributed by atoms with Crippen LogP contribution >= 0.6 is 0 Å². The van der Waals surface area contributed by atoms with Gasteiger partial charge in [0.1, 0.15) is 34.7 Å². The van der Waals surface area contributed by atoms with Crippen molar-refractivity contribution in [3.63, 3.8) is 0 Å². The Kier molecular flexibility index (Phi) is 8.48. The molecule has 0 amide bonds. The summed E-state index contributed by atoms with van der Waals surface area (Å²) in [4.78, 5) is 0. The van der Waals surface area contributed by atoms with E-state index in [4.69, 9.17) is 31.4 Å². The number of anilines is 3. The van der Waals surface area contributed by atoms with Crippen molar-refractivity contribution in [3.05, 3.63) is 88.7 Å². The molecule has 0 heterocycles. The zero-order chi connectivity index (χ0) is 42.6. The number of nitrogen functional groups attached to an aromatic ring is 3. The Hall–Kier alpha value is -4.53. The summed E-state index contributed by atoms with van der Waals surface area (Å²) < 4.78 is 67.7. The molecule has 0 saturated heterocycles. The number of halogens is 3. The molecule has 330 valence electrons. The predicted octanol–water partition coefficient (Wildman–Crippen LogP) is 13.6. The molecule has 0 aromatic heterocycles. The summed E-state index contributed by atoms with van der Waals surface area (Å²) in [5.41, 5.74) is 23.4. The van der Waals surface area contributed by atoms with E-state index in [0.717, 1.165) is 91.7 Å². The second kappa shape index (κ2) is 13.7.